The molecule has 0 N–H and O–H groups in total. The third kappa shape index (κ3) is 2.09. The Labute approximate surface area is 92.6 Å². The van der Waals surface area contributed by atoms with E-state index in [1.54, 1.807) is 11.3 Å². The summed E-state index contributed by atoms with van der Waals surface area (Å²) in [5, 5.41) is 0. The summed E-state index contributed by atoms with van der Waals surface area (Å²) in [4.78, 5) is 4.21. The lowest BCUT2D eigenvalue weighted by Crippen LogP contribution is -1.74. The minimum absolute atomic E-state index is 0.815. The first-order valence-corrected chi connectivity index (χ1v) is 5.84. The zero-order valence-corrected chi connectivity index (χ0v) is 9.24. The van der Waals surface area contributed by atoms with E-state index in [2.05, 4.69) is 35.5 Å². The van der Waals surface area contributed by atoms with Gasteiger partial charge in [0.2, 0.25) is 0 Å². The Morgan fingerprint density at radius 1 is 1.43 bits per heavy atom. The van der Waals surface area contributed by atoms with Gasteiger partial charge in [0.15, 0.2) is 0 Å². The van der Waals surface area contributed by atoms with Crippen molar-refractivity contribution in [1.82, 2.24) is 4.98 Å². The van der Waals surface area contributed by atoms with Crippen molar-refractivity contribution in [3.63, 3.8) is 0 Å². The second-order valence-electron chi connectivity index (χ2n) is 2.81. The van der Waals surface area contributed by atoms with Gasteiger partial charge in [-0.3, -0.25) is 0 Å². The third-order valence-corrected chi connectivity index (χ3v) is 2.82. The summed E-state index contributed by atoms with van der Waals surface area (Å²) in [5.41, 5.74) is 3.97. The number of thiol groups is 1. The minimum Gasteiger partial charge on any atom is -0.245 e. The molecule has 0 aliphatic carbocycles. The standard InChI is InChI=1S/C11H9NS2/c13-6-2-1-3-9-4-5-10-11(7-9)14-8-12-10/h4-5,7-8,13H,2,6H2. The molecule has 0 spiro atoms. The molecule has 1 aromatic heterocycles. The molecule has 0 amide bonds. The fourth-order valence-corrected chi connectivity index (χ4v) is 1.98. The number of thiazole rings is 1. The molecule has 1 aromatic carbocycles. The lowest BCUT2D eigenvalue weighted by Gasteiger charge is -1.89. The van der Waals surface area contributed by atoms with E-state index >= 15 is 0 Å². The highest BCUT2D eigenvalue weighted by molar-refractivity contribution is 7.80. The van der Waals surface area contributed by atoms with Gasteiger partial charge in [-0.05, 0) is 18.2 Å². The number of aromatic nitrogens is 1. The predicted molar refractivity (Wildman–Crippen MR) is 65.0 cm³/mol. The van der Waals surface area contributed by atoms with E-state index in [1.807, 2.05) is 17.6 Å². The molecule has 0 fully saturated rings. The second-order valence-corrected chi connectivity index (χ2v) is 4.14. The summed E-state index contributed by atoms with van der Waals surface area (Å²) in [6.45, 7) is 0. The van der Waals surface area contributed by atoms with Crippen LogP contribution in [-0.2, 0) is 0 Å². The van der Waals surface area contributed by atoms with Crippen LogP contribution in [0, 0.1) is 11.8 Å². The first kappa shape index (κ1) is 9.57. The molecule has 2 rings (SSSR count). The van der Waals surface area contributed by atoms with Crippen LogP contribution in [0.15, 0.2) is 23.7 Å². The number of rotatable bonds is 1. The molecule has 14 heavy (non-hydrogen) atoms. The smallest absolute Gasteiger partial charge is 0.0812 e. The van der Waals surface area contributed by atoms with Gasteiger partial charge in [-0.1, -0.05) is 11.8 Å². The molecule has 0 saturated carbocycles. The van der Waals surface area contributed by atoms with Crippen LogP contribution in [0.2, 0.25) is 0 Å². The largest absolute Gasteiger partial charge is 0.245 e. The topological polar surface area (TPSA) is 12.9 Å². The molecule has 0 atom stereocenters. The molecule has 0 unspecified atom stereocenters. The van der Waals surface area contributed by atoms with Crippen molar-refractivity contribution in [1.29, 1.82) is 0 Å². The van der Waals surface area contributed by atoms with Gasteiger partial charge in [0, 0.05) is 17.7 Å². The zero-order valence-electron chi connectivity index (χ0n) is 7.53. The Hall–Kier alpha value is -0.980. The summed E-state index contributed by atoms with van der Waals surface area (Å²) >= 11 is 5.75. The summed E-state index contributed by atoms with van der Waals surface area (Å²) in [7, 11) is 0. The third-order valence-electron chi connectivity index (χ3n) is 1.80. The molecule has 0 aliphatic rings. The van der Waals surface area contributed by atoms with Gasteiger partial charge in [-0.2, -0.15) is 12.6 Å². The van der Waals surface area contributed by atoms with E-state index in [4.69, 9.17) is 0 Å². The van der Waals surface area contributed by atoms with E-state index in [9.17, 15) is 0 Å². The van der Waals surface area contributed by atoms with Crippen LogP contribution in [-0.4, -0.2) is 10.7 Å². The summed E-state index contributed by atoms with van der Waals surface area (Å²) in [6.07, 6.45) is 0.837. The van der Waals surface area contributed by atoms with Gasteiger partial charge >= 0.3 is 0 Å². The maximum Gasteiger partial charge on any atom is 0.0812 e. The van der Waals surface area contributed by atoms with Gasteiger partial charge in [0.1, 0.15) is 0 Å². The van der Waals surface area contributed by atoms with E-state index in [1.165, 1.54) is 4.70 Å². The molecule has 0 radical (unpaired) electrons. The van der Waals surface area contributed by atoms with Crippen LogP contribution in [0.5, 0.6) is 0 Å². The molecule has 0 bridgehead atoms. The van der Waals surface area contributed by atoms with E-state index in [0.29, 0.717) is 0 Å². The van der Waals surface area contributed by atoms with Crippen LogP contribution in [0.25, 0.3) is 10.2 Å². The molecule has 1 nitrogen and oxygen atoms in total. The lowest BCUT2D eigenvalue weighted by molar-refractivity contribution is 1.31. The van der Waals surface area contributed by atoms with Crippen molar-refractivity contribution in [2.24, 2.45) is 0 Å². The van der Waals surface area contributed by atoms with Gasteiger partial charge in [0.25, 0.3) is 0 Å². The normalized spacial score (nSPS) is 9.79. The van der Waals surface area contributed by atoms with Crippen LogP contribution in [0.1, 0.15) is 12.0 Å². The Balaban J connectivity index is 2.31. The van der Waals surface area contributed by atoms with Crippen molar-refractivity contribution in [3.05, 3.63) is 29.3 Å². The van der Waals surface area contributed by atoms with Crippen LogP contribution in [0.3, 0.4) is 0 Å². The maximum atomic E-state index is 4.21. The van der Waals surface area contributed by atoms with E-state index < -0.39 is 0 Å². The monoisotopic (exact) mass is 219 g/mol. The van der Waals surface area contributed by atoms with E-state index in [-0.39, 0.29) is 0 Å². The van der Waals surface area contributed by atoms with Crippen LogP contribution >= 0.6 is 24.0 Å². The first-order valence-electron chi connectivity index (χ1n) is 4.33. The highest BCUT2D eigenvalue weighted by atomic mass is 32.1. The molecule has 1 heterocycles. The molecule has 3 heteroatoms. The average Bonchev–Trinajstić information content (AvgIpc) is 2.65. The highest BCUT2D eigenvalue weighted by Crippen LogP contribution is 2.18. The van der Waals surface area contributed by atoms with Gasteiger partial charge in [-0.25, -0.2) is 4.98 Å². The predicted octanol–water partition coefficient (Wildman–Crippen LogP) is 2.97. The molecule has 0 aliphatic heterocycles. The Kier molecular flexibility index (Phi) is 3.07. The van der Waals surface area contributed by atoms with Gasteiger partial charge in [-0.15, -0.1) is 11.3 Å². The SMILES string of the molecule is SCCC#Cc1ccc2ncsc2c1. The van der Waals surface area contributed by atoms with Crippen molar-refractivity contribution in [2.75, 3.05) is 5.75 Å². The molecule has 0 saturated heterocycles. The van der Waals surface area contributed by atoms with Crippen molar-refractivity contribution in [2.45, 2.75) is 6.42 Å². The fraction of sp³-hybridized carbons (Fsp3) is 0.182. The number of fused-ring (bicyclic) bond motifs is 1. The Bertz CT molecular complexity index is 490. The van der Waals surface area contributed by atoms with Crippen molar-refractivity contribution < 1.29 is 0 Å². The van der Waals surface area contributed by atoms with E-state index in [0.717, 1.165) is 23.3 Å². The quantitative estimate of drug-likeness (QED) is 0.575. The number of benzene rings is 1. The summed E-state index contributed by atoms with van der Waals surface area (Å²) < 4.78 is 1.20. The molecular weight excluding hydrogens is 210 g/mol. The minimum atomic E-state index is 0.815. The van der Waals surface area contributed by atoms with Crippen LogP contribution < -0.4 is 0 Å². The summed E-state index contributed by atoms with van der Waals surface area (Å²) in [5.74, 6) is 6.99. The first-order chi connectivity index (χ1) is 6.90. The molecule has 70 valence electrons. The van der Waals surface area contributed by atoms with Gasteiger partial charge in [0.05, 0.1) is 15.7 Å². The number of hydrogen-bond donors (Lipinski definition) is 1. The summed E-state index contributed by atoms with van der Waals surface area (Å²) in [6, 6.07) is 6.10. The van der Waals surface area contributed by atoms with Crippen molar-refractivity contribution >= 4 is 34.2 Å². The second kappa shape index (κ2) is 4.50. The Morgan fingerprint density at radius 2 is 2.36 bits per heavy atom. The zero-order chi connectivity index (χ0) is 9.80. The van der Waals surface area contributed by atoms with Gasteiger partial charge < -0.3 is 0 Å². The lowest BCUT2D eigenvalue weighted by atomic mass is 10.2. The number of hydrogen-bond acceptors (Lipinski definition) is 3. The molecular formula is C11H9NS2. The fourth-order valence-electron chi connectivity index (χ4n) is 1.15. The average molecular weight is 219 g/mol. The van der Waals surface area contributed by atoms with Crippen molar-refractivity contribution in [3.8, 4) is 11.8 Å². The number of nitrogens with zero attached hydrogens (tertiary/aromatic N) is 1. The Morgan fingerprint density at radius 3 is 3.21 bits per heavy atom. The highest BCUT2D eigenvalue weighted by Gasteiger charge is 1.95. The maximum absolute atomic E-state index is 4.21. The van der Waals surface area contributed by atoms with Crippen LogP contribution in [0.4, 0.5) is 0 Å². The molecule has 2 aromatic rings.